The fourth-order valence-corrected chi connectivity index (χ4v) is 2.91. The third-order valence-corrected chi connectivity index (χ3v) is 4.28. The molecule has 0 saturated carbocycles. The van der Waals surface area contributed by atoms with Crippen LogP contribution in [0.1, 0.15) is 26.2 Å². The molecule has 1 aliphatic rings. The third-order valence-electron chi connectivity index (χ3n) is 4.28. The average molecular weight is 330 g/mol. The molecule has 0 aliphatic carbocycles. The number of piperidine rings is 1. The second kappa shape index (κ2) is 7.66. The third kappa shape index (κ3) is 3.70. The molecule has 130 valence electrons. The molecule has 24 heavy (non-hydrogen) atoms. The number of anilines is 1. The van der Waals surface area contributed by atoms with Gasteiger partial charge in [0.05, 0.1) is 12.1 Å². The summed E-state index contributed by atoms with van der Waals surface area (Å²) in [5.74, 6) is 1.97. The van der Waals surface area contributed by atoms with Gasteiger partial charge in [-0.3, -0.25) is 0 Å². The molecular formula is C18H26N4O2. The number of fused-ring (bicyclic) bond motifs is 1. The lowest BCUT2D eigenvalue weighted by Crippen LogP contribution is -2.35. The van der Waals surface area contributed by atoms with Gasteiger partial charge >= 0.3 is 0 Å². The summed E-state index contributed by atoms with van der Waals surface area (Å²) >= 11 is 0. The summed E-state index contributed by atoms with van der Waals surface area (Å²) < 4.78 is 12.2. The van der Waals surface area contributed by atoms with Crippen LogP contribution in [0.4, 0.5) is 5.95 Å². The van der Waals surface area contributed by atoms with Crippen molar-refractivity contribution in [2.45, 2.75) is 32.3 Å². The second-order valence-electron chi connectivity index (χ2n) is 6.22. The molecule has 1 aromatic carbocycles. The van der Waals surface area contributed by atoms with Crippen LogP contribution in [0.25, 0.3) is 10.9 Å². The molecule has 0 bridgehead atoms. The Labute approximate surface area is 143 Å². The predicted molar refractivity (Wildman–Crippen MR) is 96.0 cm³/mol. The van der Waals surface area contributed by atoms with Crippen molar-refractivity contribution < 1.29 is 9.47 Å². The molecule has 1 aromatic heterocycles. The van der Waals surface area contributed by atoms with Gasteiger partial charge in [-0.1, -0.05) is 13.0 Å². The summed E-state index contributed by atoms with van der Waals surface area (Å²) in [6.07, 6.45) is 3.23. The number of nitrogens with one attached hydrogen (secondary N) is 1. The smallest absolute Gasteiger partial charge is 0.230 e. The summed E-state index contributed by atoms with van der Waals surface area (Å²) in [4.78, 5) is 11.4. The van der Waals surface area contributed by atoms with E-state index in [4.69, 9.17) is 9.47 Å². The van der Waals surface area contributed by atoms with Crippen LogP contribution in [0.3, 0.4) is 0 Å². The normalized spacial score (nSPS) is 16.3. The first-order valence-electron chi connectivity index (χ1n) is 8.67. The van der Waals surface area contributed by atoms with Gasteiger partial charge in [-0.25, -0.2) is 4.98 Å². The number of nitrogens with zero attached hydrogens (tertiary/aromatic N) is 3. The number of likely N-dealkylation sites (tertiary alicyclic amines) is 1. The van der Waals surface area contributed by atoms with Gasteiger partial charge in [0.2, 0.25) is 11.8 Å². The van der Waals surface area contributed by atoms with Gasteiger partial charge in [0.1, 0.15) is 17.2 Å². The van der Waals surface area contributed by atoms with Crippen LogP contribution < -0.4 is 14.8 Å². The Morgan fingerprint density at radius 1 is 1.25 bits per heavy atom. The Balaban J connectivity index is 1.94. The Hall–Kier alpha value is -2.08. The molecular weight excluding hydrogens is 304 g/mol. The first-order valence-corrected chi connectivity index (χ1v) is 8.67. The lowest BCUT2D eigenvalue weighted by atomic mass is 10.1. The summed E-state index contributed by atoms with van der Waals surface area (Å²) in [5.41, 5.74) is 0.839. The van der Waals surface area contributed by atoms with Gasteiger partial charge in [0, 0.05) is 20.1 Å². The number of aromatic nitrogens is 2. The van der Waals surface area contributed by atoms with Gasteiger partial charge in [0.15, 0.2) is 0 Å². The maximum absolute atomic E-state index is 6.30. The van der Waals surface area contributed by atoms with Gasteiger partial charge in [-0.15, -0.1) is 0 Å². The van der Waals surface area contributed by atoms with Crippen LogP contribution >= 0.6 is 0 Å². The first-order chi connectivity index (χ1) is 11.7. The lowest BCUT2D eigenvalue weighted by Gasteiger charge is -2.29. The summed E-state index contributed by atoms with van der Waals surface area (Å²) in [6, 6.07) is 5.93. The highest BCUT2D eigenvalue weighted by atomic mass is 16.5. The molecule has 1 aliphatic heterocycles. The molecule has 0 radical (unpaired) electrons. The van der Waals surface area contributed by atoms with E-state index in [-0.39, 0.29) is 6.10 Å². The van der Waals surface area contributed by atoms with Crippen LogP contribution in [0.15, 0.2) is 18.2 Å². The minimum Gasteiger partial charge on any atom is -0.489 e. The van der Waals surface area contributed by atoms with Gasteiger partial charge in [0.25, 0.3) is 0 Å². The minimum absolute atomic E-state index is 0.231. The Morgan fingerprint density at radius 2 is 2.04 bits per heavy atom. The number of rotatable bonds is 6. The van der Waals surface area contributed by atoms with Crippen molar-refractivity contribution in [3.63, 3.8) is 0 Å². The maximum Gasteiger partial charge on any atom is 0.230 e. The molecule has 1 fully saturated rings. The molecule has 2 aromatic rings. The van der Waals surface area contributed by atoms with Crippen molar-refractivity contribution in [1.82, 2.24) is 14.9 Å². The van der Waals surface area contributed by atoms with Crippen molar-refractivity contribution in [3.8, 4) is 11.6 Å². The Kier molecular flexibility index (Phi) is 5.35. The van der Waals surface area contributed by atoms with Crippen LogP contribution in [0.5, 0.6) is 11.6 Å². The van der Waals surface area contributed by atoms with Gasteiger partial charge < -0.3 is 19.7 Å². The van der Waals surface area contributed by atoms with Crippen molar-refractivity contribution in [2.75, 3.05) is 39.1 Å². The van der Waals surface area contributed by atoms with E-state index in [1.165, 1.54) is 0 Å². The van der Waals surface area contributed by atoms with Crippen molar-refractivity contribution in [1.29, 1.82) is 0 Å². The second-order valence-corrected chi connectivity index (χ2v) is 6.22. The highest BCUT2D eigenvalue weighted by molar-refractivity contribution is 5.90. The standard InChI is InChI=1S/C18H26N4O2/c1-4-12-23-17-16-14(20-18(19-2)21-17)6-5-7-15(16)24-13-8-10-22(3)11-9-13/h5-7,13H,4,8-12H2,1-3H3,(H,19,20,21). The van der Waals surface area contributed by atoms with E-state index in [0.717, 1.165) is 49.0 Å². The predicted octanol–water partition coefficient (Wildman–Crippen LogP) is 2.93. The molecule has 0 amide bonds. The molecule has 2 heterocycles. The fourth-order valence-electron chi connectivity index (χ4n) is 2.91. The van der Waals surface area contributed by atoms with Crippen LogP contribution in [-0.2, 0) is 0 Å². The molecule has 1 saturated heterocycles. The molecule has 3 rings (SSSR count). The van der Waals surface area contributed by atoms with E-state index >= 15 is 0 Å². The van der Waals surface area contributed by atoms with Crippen LogP contribution in [0, 0.1) is 0 Å². The van der Waals surface area contributed by atoms with E-state index in [9.17, 15) is 0 Å². The summed E-state index contributed by atoms with van der Waals surface area (Å²) in [6.45, 7) is 4.83. The zero-order valence-corrected chi connectivity index (χ0v) is 14.7. The van der Waals surface area contributed by atoms with Crippen molar-refractivity contribution in [3.05, 3.63) is 18.2 Å². The Bertz CT molecular complexity index is 684. The highest BCUT2D eigenvalue weighted by Gasteiger charge is 2.21. The first kappa shape index (κ1) is 16.8. The topological polar surface area (TPSA) is 59.5 Å². The number of benzene rings is 1. The highest BCUT2D eigenvalue weighted by Crippen LogP contribution is 2.34. The van der Waals surface area contributed by atoms with E-state index in [2.05, 4.69) is 34.2 Å². The van der Waals surface area contributed by atoms with E-state index in [1.54, 1.807) is 0 Å². The molecule has 0 unspecified atom stereocenters. The lowest BCUT2D eigenvalue weighted by molar-refractivity contribution is 0.115. The zero-order valence-electron chi connectivity index (χ0n) is 14.7. The quantitative estimate of drug-likeness (QED) is 0.879. The monoisotopic (exact) mass is 330 g/mol. The van der Waals surface area contributed by atoms with Gasteiger partial charge in [-0.05, 0) is 38.4 Å². The largest absolute Gasteiger partial charge is 0.489 e. The molecule has 0 atom stereocenters. The van der Waals surface area contributed by atoms with Crippen LogP contribution in [-0.4, -0.2) is 54.8 Å². The molecule has 0 spiro atoms. The summed E-state index contributed by atoms with van der Waals surface area (Å²) in [5, 5.41) is 3.86. The van der Waals surface area contributed by atoms with Gasteiger partial charge in [-0.2, -0.15) is 4.98 Å². The van der Waals surface area contributed by atoms with Crippen LogP contribution in [0.2, 0.25) is 0 Å². The minimum atomic E-state index is 0.231. The number of hydrogen-bond donors (Lipinski definition) is 1. The number of hydrogen-bond acceptors (Lipinski definition) is 6. The number of ether oxygens (including phenoxy) is 2. The maximum atomic E-state index is 6.30. The SMILES string of the molecule is CCCOc1nc(NC)nc2cccc(OC3CCN(C)CC3)c12. The Morgan fingerprint density at radius 3 is 2.75 bits per heavy atom. The zero-order chi connectivity index (χ0) is 16.9. The van der Waals surface area contributed by atoms with Crippen molar-refractivity contribution >= 4 is 16.9 Å². The molecule has 6 heteroatoms. The van der Waals surface area contributed by atoms with E-state index in [0.29, 0.717) is 18.4 Å². The van der Waals surface area contributed by atoms with Crippen molar-refractivity contribution in [2.24, 2.45) is 0 Å². The summed E-state index contributed by atoms with van der Waals surface area (Å²) in [7, 11) is 3.96. The molecule has 6 nitrogen and oxygen atoms in total. The van der Waals surface area contributed by atoms with E-state index < -0.39 is 0 Å². The average Bonchev–Trinajstić information content (AvgIpc) is 2.61. The molecule has 1 N–H and O–H groups in total. The fraction of sp³-hybridized carbons (Fsp3) is 0.556. The van der Waals surface area contributed by atoms with E-state index in [1.807, 2.05) is 25.2 Å².